The molecule has 0 saturated heterocycles. The highest BCUT2D eigenvalue weighted by atomic mass is 32.2. The van der Waals surface area contributed by atoms with Crippen molar-refractivity contribution in [2.75, 3.05) is 53.9 Å². The molecule has 0 radical (unpaired) electrons. The Morgan fingerprint density at radius 1 is 1.06 bits per heavy atom. The highest BCUT2D eigenvalue weighted by molar-refractivity contribution is 7.87. The van der Waals surface area contributed by atoms with E-state index < -0.39 is 10.2 Å². The summed E-state index contributed by atoms with van der Waals surface area (Å²) in [7, 11) is 2.11. The van der Waals surface area contributed by atoms with Gasteiger partial charge in [0.1, 0.15) is 0 Å². The summed E-state index contributed by atoms with van der Waals surface area (Å²) in [4.78, 5) is 1.94. The molecule has 0 heterocycles. The minimum Gasteiger partial charge on any atom is -0.317 e. The van der Waals surface area contributed by atoms with Gasteiger partial charge in [0.05, 0.1) is 0 Å². The molecule has 104 valence electrons. The zero-order chi connectivity index (χ0) is 13.3. The van der Waals surface area contributed by atoms with E-state index in [2.05, 4.69) is 10.0 Å². The molecule has 0 atom stereocenters. The number of likely N-dealkylation sites (N-methyl/N-ethyl adjacent to an activating group) is 1. The van der Waals surface area contributed by atoms with E-state index in [1.165, 1.54) is 4.31 Å². The molecule has 17 heavy (non-hydrogen) atoms. The van der Waals surface area contributed by atoms with Crippen molar-refractivity contribution < 1.29 is 8.42 Å². The average molecular weight is 266 g/mol. The lowest BCUT2D eigenvalue weighted by Gasteiger charge is -2.18. The quantitative estimate of drug-likeness (QED) is 0.514. The Kier molecular flexibility index (Phi) is 8.71. The SMILES string of the molecule is CCNCCCN(C)S(=O)(=O)NCCN(C)C. The van der Waals surface area contributed by atoms with Crippen LogP contribution in [0.15, 0.2) is 0 Å². The predicted molar refractivity (Wildman–Crippen MR) is 71.3 cm³/mol. The van der Waals surface area contributed by atoms with Crippen LogP contribution in [0.2, 0.25) is 0 Å². The number of hydrogen-bond acceptors (Lipinski definition) is 4. The Hall–Kier alpha value is -0.210. The molecule has 2 N–H and O–H groups in total. The van der Waals surface area contributed by atoms with Crippen molar-refractivity contribution in [2.45, 2.75) is 13.3 Å². The fourth-order valence-corrected chi connectivity index (χ4v) is 2.17. The van der Waals surface area contributed by atoms with Crippen molar-refractivity contribution in [1.82, 2.24) is 19.2 Å². The van der Waals surface area contributed by atoms with E-state index >= 15 is 0 Å². The molecule has 0 aromatic rings. The van der Waals surface area contributed by atoms with Gasteiger partial charge in [-0.05, 0) is 33.6 Å². The highest BCUT2D eigenvalue weighted by Gasteiger charge is 2.15. The van der Waals surface area contributed by atoms with E-state index in [1.54, 1.807) is 7.05 Å². The molecule has 0 unspecified atom stereocenters. The number of rotatable bonds is 10. The minimum atomic E-state index is -3.31. The molecule has 0 amide bonds. The number of hydrogen-bond donors (Lipinski definition) is 2. The molecule has 0 aliphatic rings. The number of nitrogens with zero attached hydrogens (tertiary/aromatic N) is 2. The predicted octanol–water partition coefficient (Wildman–Crippen LogP) is -0.686. The second-order valence-electron chi connectivity index (χ2n) is 4.23. The van der Waals surface area contributed by atoms with Crippen molar-refractivity contribution in [3.8, 4) is 0 Å². The maximum absolute atomic E-state index is 11.8. The van der Waals surface area contributed by atoms with Gasteiger partial charge in [-0.3, -0.25) is 0 Å². The fraction of sp³-hybridized carbons (Fsp3) is 1.00. The molecule has 0 aromatic carbocycles. The van der Waals surface area contributed by atoms with Crippen LogP contribution in [0.4, 0.5) is 0 Å². The molecule has 0 fully saturated rings. The van der Waals surface area contributed by atoms with Crippen LogP contribution in [0.5, 0.6) is 0 Å². The van der Waals surface area contributed by atoms with E-state index in [0.29, 0.717) is 19.6 Å². The van der Waals surface area contributed by atoms with Crippen LogP contribution in [-0.2, 0) is 10.2 Å². The van der Waals surface area contributed by atoms with E-state index in [4.69, 9.17) is 0 Å². The molecule has 0 rings (SSSR count). The van der Waals surface area contributed by atoms with Crippen molar-refractivity contribution in [3.63, 3.8) is 0 Å². The van der Waals surface area contributed by atoms with Crippen LogP contribution in [-0.4, -0.2) is 71.5 Å². The zero-order valence-electron chi connectivity index (χ0n) is 11.4. The highest BCUT2D eigenvalue weighted by Crippen LogP contribution is 1.94. The van der Waals surface area contributed by atoms with Crippen molar-refractivity contribution in [3.05, 3.63) is 0 Å². The zero-order valence-corrected chi connectivity index (χ0v) is 12.2. The average Bonchev–Trinajstić information content (AvgIpc) is 2.23. The van der Waals surface area contributed by atoms with E-state index in [9.17, 15) is 8.42 Å². The van der Waals surface area contributed by atoms with Crippen LogP contribution >= 0.6 is 0 Å². The summed E-state index contributed by atoms with van der Waals surface area (Å²) in [5.41, 5.74) is 0. The molecular weight excluding hydrogens is 240 g/mol. The summed E-state index contributed by atoms with van der Waals surface area (Å²) in [6, 6.07) is 0. The van der Waals surface area contributed by atoms with Gasteiger partial charge in [0.2, 0.25) is 0 Å². The summed E-state index contributed by atoms with van der Waals surface area (Å²) in [5.74, 6) is 0. The van der Waals surface area contributed by atoms with E-state index in [1.807, 2.05) is 25.9 Å². The van der Waals surface area contributed by atoms with Gasteiger partial charge in [0, 0.05) is 26.7 Å². The maximum atomic E-state index is 11.8. The number of nitrogens with one attached hydrogen (secondary N) is 2. The second-order valence-corrected chi connectivity index (χ2v) is 6.09. The lowest BCUT2D eigenvalue weighted by molar-refractivity contribution is 0.403. The molecule has 0 aromatic heterocycles. The van der Waals surface area contributed by atoms with Gasteiger partial charge in [-0.15, -0.1) is 0 Å². The Morgan fingerprint density at radius 2 is 1.71 bits per heavy atom. The van der Waals surface area contributed by atoms with Crippen molar-refractivity contribution >= 4 is 10.2 Å². The Morgan fingerprint density at radius 3 is 2.24 bits per heavy atom. The first-order chi connectivity index (χ1) is 7.90. The summed E-state index contributed by atoms with van der Waals surface area (Å²) in [6.45, 7) is 5.45. The van der Waals surface area contributed by atoms with Gasteiger partial charge in [-0.1, -0.05) is 6.92 Å². The Balaban J connectivity index is 3.86. The molecule has 0 saturated carbocycles. The monoisotopic (exact) mass is 266 g/mol. The molecule has 7 heteroatoms. The van der Waals surface area contributed by atoms with Gasteiger partial charge in [-0.25, -0.2) is 4.72 Å². The third kappa shape index (κ3) is 8.50. The molecule has 6 nitrogen and oxygen atoms in total. The van der Waals surface area contributed by atoms with Crippen LogP contribution in [0.3, 0.4) is 0 Å². The molecule has 0 aliphatic carbocycles. The van der Waals surface area contributed by atoms with Crippen molar-refractivity contribution in [1.29, 1.82) is 0 Å². The second kappa shape index (κ2) is 8.82. The molecular formula is C10H26N4O2S. The first-order valence-corrected chi connectivity index (χ1v) is 7.40. The van der Waals surface area contributed by atoms with E-state index in [0.717, 1.165) is 19.5 Å². The topological polar surface area (TPSA) is 64.7 Å². The first kappa shape index (κ1) is 16.8. The minimum absolute atomic E-state index is 0.437. The van der Waals surface area contributed by atoms with E-state index in [-0.39, 0.29) is 0 Å². The third-order valence-corrected chi connectivity index (χ3v) is 3.90. The summed E-state index contributed by atoms with van der Waals surface area (Å²) in [5, 5.41) is 3.16. The summed E-state index contributed by atoms with van der Waals surface area (Å²) >= 11 is 0. The maximum Gasteiger partial charge on any atom is 0.279 e. The molecule has 0 aliphatic heterocycles. The van der Waals surface area contributed by atoms with Gasteiger partial charge in [0.25, 0.3) is 10.2 Å². The normalized spacial score (nSPS) is 12.6. The standard InChI is InChI=1S/C10H26N4O2S/c1-5-11-7-6-9-14(4)17(15,16)12-8-10-13(2)3/h11-12H,5-10H2,1-4H3. The Bertz CT molecular complexity index is 280. The summed E-state index contributed by atoms with van der Waals surface area (Å²) in [6.07, 6.45) is 0.818. The van der Waals surface area contributed by atoms with Gasteiger partial charge < -0.3 is 10.2 Å². The van der Waals surface area contributed by atoms with Gasteiger partial charge in [-0.2, -0.15) is 12.7 Å². The van der Waals surface area contributed by atoms with Gasteiger partial charge in [0.15, 0.2) is 0 Å². The Labute approximate surface area is 106 Å². The van der Waals surface area contributed by atoms with Crippen molar-refractivity contribution in [2.24, 2.45) is 0 Å². The first-order valence-electron chi connectivity index (χ1n) is 5.96. The van der Waals surface area contributed by atoms with Crippen LogP contribution in [0.25, 0.3) is 0 Å². The lowest BCUT2D eigenvalue weighted by Crippen LogP contribution is -2.41. The largest absolute Gasteiger partial charge is 0.317 e. The fourth-order valence-electron chi connectivity index (χ4n) is 1.23. The van der Waals surface area contributed by atoms with Gasteiger partial charge >= 0.3 is 0 Å². The smallest absolute Gasteiger partial charge is 0.279 e. The van der Waals surface area contributed by atoms with Crippen LogP contribution in [0, 0.1) is 0 Å². The third-order valence-electron chi connectivity index (χ3n) is 2.33. The lowest BCUT2D eigenvalue weighted by atomic mass is 10.4. The van der Waals surface area contributed by atoms with Crippen LogP contribution < -0.4 is 10.0 Å². The van der Waals surface area contributed by atoms with Crippen LogP contribution in [0.1, 0.15) is 13.3 Å². The molecule has 0 spiro atoms. The summed E-state index contributed by atoms with van der Waals surface area (Å²) < 4.78 is 27.4. The molecule has 0 bridgehead atoms.